The summed E-state index contributed by atoms with van der Waals surface area (Å²) in [6, 6.07) is 11.8. The van der Waals surface area contributed by atoms with Gasteiger partial charge in [-0.2, -0.15) is 17.7 Å². The van der Waals surface area contributed by atoms with Gasteiger partial charge >= 0.3 is 6.18 Å². The smallest absolute Gasteiger partial charge is 0.416 e. The molecule has 5 heteroatoms. The molecule has 0 fully saturated rings. The van der Waals surface area contributed by atoms with Gasteiger partial charge in [0.2, 0.25) is 5.75 Å². The van der Waals surface area contributed by atoms with Gasteiger partial charge in [0, 0.05) is 10.8 Å². The van der Waals surface area contributed by atoms with Gasteiger partial charge < -0.3 is 4.74 Å². The molecule has 0 N–H and O–H groups in total. The molecule has 0 spiro atoms. The molecule has 4 aromatic rings. The standard InChI is InChI=1S/C23H17F3NO/c1-12-9-14-5-4-6-18-20(14)19(13(12)2)21-22(28-18)17-8-7-16(23(24,25)26)10-15(17)11-27(21)3/h4-11H,1-3H3/q+1. The molecule has 5 rings (SSSR count). The first-order valence-electron chi connectivity index (χ1n) is 9.00. The van der Waals surface area contributed by atoms with Crippen LogP contribution in [0.4, 0.5) is 13.2 Å². The lowest BCUT2D eigenvalue weighted by Crippen LogP contribution is -2.32. The van der Waals surface area contributed by atoms with Crippen molar-refractivity contribution in [2.75, 3.05) is 0 Å². The molecule has 0 bridgehead atoms. The Morgan fingerprint density at radius 2 is 1.75 bits per heavy atom. The second-order valence-electron chi connectivity index (χ2n) is 7.37. The number of rotatable bonds is 0. The van der Waals surface area contributed by atoms with Gasteiger partial charge in [0.15, 0.2) is 6.20 Å². The molecule has 0 unspecified atom stereocenters. The highest BCUT2D eigenvalue weighted by Crippen LogP contribution is 2.49. The first-order valence-corrected chi connectivity index (χ1v) is 9.00. The normalized spacial score (nSPS) is 12.9. The van der Waals surface area contributed by atoms with Crippen molar-refractivity contribution in [3.05, 3.63) is 65.4 Å². The van der Waals surface area contributed by atoms with Crippen molar-refractivity contribution in [3.63, 3.8) is 0 Å². The van der Waals surface area contributed by atoms with E-state index in [0.29, 0.717) is 16.5 Å². The van der Waals surface area contributed by atoms with Gasteiger partial charge in [0.05, 0.1) is 16.5 Å². The topological polar surface area (TPSA) is 13.1 Å². The quantitative estimate of drug-likeness (QED) is 0.291. The number of ether oxygens (including phenoxy) is 1. The number of pyridine rings is 1. The Bertz CT molecular complexity index is 1310. The van der Waals surface area contributed by atoms with E-state index in [9.17, 15) is 13.2 Å². The molecular weight excluding hydrogens is 363 g/mol. The second kappa shape index (κ2) is 5.47. The summed E-state index contributed by atoms with van der Waals surface area (Å²) < 4.78 is 47.6. The first kappa shape index (κ1) is 17.0. The van der Waals surface area contributed by atoms with Crippen LogP contribution in [0.3, 0.4) is 0 Å². The minimum atomic E-state index is -4.38. The summed E-state index contributed by atoms with van der Waals surface area (Å²) >= 11 is 0. The summed E-state index contributed by atoms with van der Waals surface area (Å²) in [5.41, 5.74) is 3.62. The number of benzene rings is 3. The molecule has 3 aromatic carbocycles. The van der Waals surface area contributed by atoms with E-state index in [2.05, 4.69) is 26.0 Å². The highest BCUT2D eigenvalue weighted by molar-refractivity contribution is 6.07. The summed E-state index contributed by atoms with van der Waals surface area (Å²) in [6.07, 6.45) is -2.64. The predicted molar refractivity (Wildman–Crippen MR) is 103 cm³/mol. The van der Waals surface area contributed by atoms with E-state index in [4.69, 9.17) is 4.74 Å². The third-order valence-corrected chi connectivity index (χ3v) is 5.62. The minimum Gasteiger partial charge on any atom is -0.449 e. The van der Waals surface area contributed by atoms with Gasteiger partial charge in [-0.15, -0.1) is 0 Å². The summed E-state index contributed by atoms with van der Waals surface area (Å²) in [5.74, 6) is 1.33. The maximum Gasteiger partial charge on any atom is 0.416 e. The van der Waals surface area contributed by atoms with Gasteiger partial charge in [0.25, 0.3) is 5.69 Å². The molecule has 0 aliphatic carbocycles. The van der Waals surface area contributed by atoms with Crippen LogP contribution in [0.2, 0.25) is 0 Å². The summed E-state index contributed by atoms with van der Waals surface area (Å²) in [5, 5.41) is 3.30. The van der Waals surface area contributed by atoms with E-state index in [-0.39, 0.29) is 0 Å². The van der Waals surface area contributed by atoms with Crippen LogP contribution in [0, 0.1) is 13.8 Å². The fourth-order valence-corrected chi connectivity index (χ4v) is 4.16. The number of fused-ring (bicyclic) bond motifs is 4. The Hall–Kier alpha value is -3.08. The Balaban J connectivity index is 1.92. The van der Waals surface area contributed by atoms with E-state index >= 15 is 0 Å². The number of hydrogen-bond donors (Lipinski definition) is 0. The Morgan fingerprint density at radius 3 is 2.50 bits per heavy atom. The average molecular weight is 380 g/mol. The molecule has 1 aliphatic heterocycles. The monoisotopic (exact) mass is 380 g/mol. The van der Waals surface area contributed by atoms with Crippen molar-refractivity contribution >= 4 is 21.5 Å². The number of halogens is 3. The molecule has 1 aromatic heterocycles. The van der Waals surface area contributed by atoms with E-state index in [1.54, 1.807) is 6.20 Å². The van der Waals surface area contributed by atoms with Crippen molar-refractivity contribution in [1.82, 2.24) is 0 Å². The zero-order valence-electron chi connectivity index (χ0n) is 15.6. The summed E-state index contributed by atoms with van der Waals surface area (Å²) in [4.78, 5) is 0. The number of nitrogens with zero attached hydrogens (tertiary/aromatic N) is 1. The van der Waals surface area contributed by atoms with Crippen LogP contribution in [-0.4, -0.2) is 0 Å². The van der Waals surface area contributed by atoms with Crippen molar-refractivity contribution < 1.29 is 22.5 Å². The Labute approximate surface area is 159 Å². The van der Waals surface area contributed by atoms with E-state index in [1.165, 1.54) is 17.7 Å². The Kier molecular flexibility index (Phi) is 3.33. The predicted octanol–water partition coefficient (Wildman–Crippen LogP) is 6.23. The van der Waals surface area contributed by atoms with Crippen LogP contribution in [0.1, 0.15) is 16.7 Å². The van der Waals surface area contributed by atoms with Crippen molar-refractivity contribution in [3.8, 4) is 22.8 Å². The maximum atomic E-state index is 13.2. The fourth-order valence-electron chi connectivity index (χ4n) is 4.16. The van der Waals surface area contributed by atoms with Crippen LogP contribution in [0.15, 0.2) is 48.7 Å². The largest absolute Gasteiger partial charge is 0.449 e. The molecule has 2 nitrogen and oxygen atoms in total. The van der Waals surface area contributed by atoms with Gasteiger partial charge in [-0.05, 0) is 54.6 Å². The lowest BCUT2D eigenvalue weighted by atomic mass is 9.90. The number of alkyl halides is 3. The fraction of sp³-hybridized carbons (Fsp3) is 0.174. The van der Waals surface area contributed by atoms with Crippen LogP contribution >= 0.6 is 0 Å². The molecule has 0 atom stereocenters. The van der Waals surface area contributed by atoms with Crippen LogP contribution < -0.4 is 9.30 Å². The lowest BCUT2D eigenvalue weighted by molar-refractivity contribution is -0.659. The summed E-state index contributed by atoms with van der Waals surface area (Å²) in [7, 11) is 1.85. The zero-order chi connectivity index (χ0) is 19.8. The SMILES string of the molecule is Cc1cc2cccc3c2c(c1C)-c1c(c2ccc(C(F)(F)F)cc2c[n+]1C)O3. The number of aryl methyl sites for hydroxylation is 2. The third-order valence-electron chi connectivity index (χ3n) is 5.62. The van der Waals surface area contributed by atoms with E-state index in [0.717, 1.165) is 39.4 Å². The third kappa shape index (κ3) is 2.25. The minimum absolute atomic E-state index is 0.497. The first-order chi connectivity index (χ1) is 13.3. The second-order valence-corrected chi connectivity index (χ2v) is 7.37. The maximum absolute atomic E-state index is 13.2. The number of hydrogen-bond acceptors (Lipinski definition) is 1. The van der Waals surface area contributed by atoms with Crippen LogP contribution in [0.25, 0.3) is 32.8 Å². The molecule has 2 heterocycles. The average Bonchev–Trinajstić information content (AvgIpc) is 2.64. The Morgan fingerprint density at radius 1 is 0.964 bits per heavy atom. The molecule has 1 aliphatic rings. The molecule has 0 amide bonds. The molecule has 0 saturated heterocycles. The summed E-state index contributed by atoms with van der Waals surface area (Å²) in [6.45, 7) is 4.15. The zero-order valence-corrected chi connectivity index (χ0v) is 15.6. The molecule has 0 saturated carbocycles. The highest BCUT2D eigenvalue weighted by atomic mass is 19.4. The van der Waals surface area contributed by atoms with E-state index < -0.39 is 11.7 Å². The van der Waals surface area contributed by atoms with Gasteiger partial charge in [-0.3, -0.25) is 0 Å². The van der Waals surface area contributed by atoms with Crippen molar-refractivity contribution in [1.29, 1.82) is 0 Å². The van der Waals surface area contributed by atoms with Crippen LogP contribution in [-0.2, 0) is 13.2 Å². The molecule has 28 heavy (non-hydrogen) atoms. The molecular formula is C23H17F3NO+. The van der Waals surface area contributed by atoms with Crippen LogP contribution in [0.5, 0.6) is 11.5 Å². The van der Waals surface area contributed by atoms with Gasteiger partial charge in [0.1, 0.15) is 12.8 Å². The lowest BCUT2D eigenvalue weighted by Gasteiger charge is -2.23. The van der Waals surface area contributed by atoms with Crippen molar-refractivity contribution in [2.45, 2.75) is 20.0 Å². The highest BCUT2D eigenvalue weighted by Gasteiger charge is 2.34. The van der Waals surface area contributed by atoms with E-state index in [1.807, 2.05) is 23.7 Å². The molecule has 0 radical (unpaired) electrons. The van der Waals surface area contributed by atoms with Gasteiger partial charge in [-0.25, -0.2) is 0 Å². The van der Waals surface area contributed by atoms with Gasteiger partial charge in [-0.1, -0.05) is 18.2 Å². The number of aromatic nitrogens is 1. The molecule has 140 valence electrons. The van der Waals surface area contributed by atoms with Crippen molar-refractivity contribution in [2.24, 2.45) is 7.05 Å².